The van der Waals surface area contributed by atoms with Gasteiger partial charge in [0.15, 0.2) is 11.3 Å². The minimum Gasteiger partial charge on any atom is -0.493 e. The average Bonchev–Trinajstić information content (AvgIpc) is 3.23. The van der Waals surface area contributed by atoms with E-state index in [9.17, 15) is 18.0 Å². The van der Waals surface area contributed by atoms with E-state index >= 15 is 0 Å². The van der Waals surface area contributed by atoms with Gasteiger partial charge in [0.25, 0.3) is 0 Å². The number of nitrogens with zero attached hydrogens (tertiary/aromatic N) is 2. The maximum Gasteiger partial charge on any atom is 0.450 e. The molecular weight excluding hydrogens is 472 g/mol. The van der Waals surface area contributed by atoms with E-state index in [0.29, 0.717) is 10.7 Å². The second-order valence-corrected chi connectivity index (χ2v) is 7.40. The summed E-state index contributed by atoms with van der Waals surface area (Å²) < 4.78 is 58.5. The van der Waals surface area contributed by atoms with Gasteiger partial charge in [-0.05, 0) is 30.3 Å². The number of rotatable bonds is 4. The Balaban J connectivity index is 1.98. The molecule has 32 heavy (non-hydrogen) atoms. The summed E-state index contributed by atoms with van der Waals surface area (Å²) in [5, 5.41) is 4.50. The zero-order chi connectivity index (χ0) is 23.2. The molecule has 0 aliphatic carbocycles. The lowest BCUT2D eigenvalue weighted by molar-refractivity contribution is -0.152. The van der Waals surface area contributed by atoms with Crippen molar-refractivity contribution in [3.8, 4) is 28.3 Å². The number of hydrogen-bond acceptors (Lipinski definition) is 5. The lowest BCUT2D eigenvalue weighted by Gasteiger charge is -2.14. The highest BCUT2D eigenvalue weighted by molar-refractivity contribution is 6.42. The standard InChI is InChI=1S/C21H13Cl2F3N2O4/c1-30-15-6-4-12-17(29)16(20(21(24,25)26)32-18(12)19(15)31-2)10-8-27-28(9-10)11-3-5-13(22)14(23)7-11/h3-9H,1-2H3. The summed E-state index contributed by atoms with van der Waals surface area (Å²) in [6.45, 7) is 0. The Morgan fingerprint density at radius 3 is 2.44 bits per heavy atom. The monoisotopic (exact) mass is 484 g/mol. The molecule has 0 unspecified atom stereocenters. The molecule has 0 spiro atoms. The number of alkyl halides is 3. The number of fused-ring (bicyclic) bond motifs is 1. The van der Waals surface area contributed by atoms with E-state index in [1.165, 1.54) is 49.4 Å². The molecule has 2 heterocycles. The fourth-order valence-electron chi connectivity index (χ4n) is 3.25. The van der Waals surface area contributed by atoms with Crippen LogP contribution < -0.4 is 14.9 Å². The molecule has 0 saturated carbocycles. The van der Waals surface area contributed by atoms with Crippen molar-refractivity contribution in [3.05, 3.63) is 68.8 Å². The van der Waals surface area contributed by atoms with Crippen LogP contribution in [0.4, 0.5) is 13.2 Å². The van der Waals surface area contributed by atoms with Crippen LogP contribution in [-0.2, 0) is 6.18 Å². The third-order valence-electron chi connectivity index (χ3n) is 4.70. The number of aromatic nitrogens is 2. The van der Waals surface area contributed by atoms with E-state index < -0.39 is 22.9 Å². The zero-order valence-electron chi connectivity index (χ0n) is 16.5. The Labute approximate surface area is 188 Å². The summed E-state index contributed by atoms with van der Waals surface area (Å²) in [7, 11) is 2.55. The van der Waals surface area contributed by atoms with Crippen LogP contribution in [0.1, 0.15) is 5.76 Å². The van der Waals surface area contributed by atoms with Crippen LogP contribution in [0.5, 0.6) is 11.5 Å². The fraction of sp³-hybridized carbons (Fsp3) is 0.143. The summed E-state index contributed by atoms with van der Waals surface area (Å²) in [5.41, 5.74) is -1.59. The van der Waals surface area contributed by atoms with Crippen molar-refractivity contribution in [2.45, 2.75) is 6.18 Å². The van der Waals surface area contributed by atoms with E-state index in [0.717, 1.165) is 6.20 Å². The molecule has 0 N–H and O–H groups in total. The lowest BCUT2D eigenvalue weighted by Crippen LogP contribution is -2.16. The molecule has 2 aromatic heterocycles. The molecule has 11 heteroatoms. The van der Waals surface area contributed by atoms with Gasteiger partial charge >= 0.3 is 6.18 Å². The van der Waals surface area contributed by atoms with Crippen LogP contribution in [0, 0.1) is 0 Å². The first-order valence-corrected chi connectivity index (χ1v) is 9.70. The molecule has 0 bridgehead atoms. The van der Waals surface area contributed by atoms with Crippen LogP contribution in [-0.4, -0.2) is 24.0 Å². The molecule has 0 atom stereocenters. The normalized spacial score (nSPS) is 11.7. The Morgan fingerprint density at radius 1 is 1.06 bits per heavy atom. The molecule has 0 saturated heterocycles. The van der Waals surface area contributed by atoms with Gasteiger partial charge in [-0.1, -0.05) is 23.2 Å². The molecule has 0 aliphatic heterocycles. The SMILES string of the molecule is COc1ccc2c(=O)c(-c3cnn(-c4ccc(Cl)c(Cl)c4)c3)c(C(F)(F)F)oc2c1OC. The molecule has 4 aromatic rings. The summed E-state index contributed by atoms with van der Waals surface area (Å²) in [6.07, 6.45) is -2.56. The number of hydrogen-bond donors (Lipinski definition) is 0. The number of halogens is 5. The molecular formula is C21H13Cl2F3N2O4. The smallest absolute Gasteiger partial charge is 0.450 e. The Kier molecular flexibility index (Phi) is 5.56. The highest BCUT2D eigenvalue weighted by Crippen LogP contribution is 2.41. The van der Waals surface area contributed by atoms with E-state index in [4.69, 9.17) is 37.1 Å². The average molecular weight is 485 g/mol. The summed E-state index contributed by atoms with van der Waals surface area (Å²) in [5.74, 6) is -1.47. The minimum absolute atomic E-state index is 0.0890. The molecule has 2 aromatic carbocycles. The van der Waals surface area contributed by atoms with Crippen molar-refractivity contribution in [2.24, 2.45) is 0 Å². The van der Waals surface area contributed by atoms with Gasteiger partial charge in [0.2, 0.25) is 16.9 Å². The number of benzene rings is 2. The van der Waals surface area contributed by atoms with Crippen molar-refractivity contribution >= 4 is 34.2 Å². The summed E-state index contributed by atoms with van der Waals surface area (Å²) >= 11 is 11.9. The van der Waals surface area contributed by atoms with Gasteiger partial charge in [0.05, 0.1) is 47.1 Å². The molecule has 0 aliphatic rings. The highest BCUT2D eigenvalue weighted by Gasteiger charge is 2.40. The Hall–Kier alpha value is -3.17. The first-order valence-electron chi connectivity index (χ1n) is 8.95. The van der Waals surface area contributed by atoms with Crippen molar-refractivity contribution < 1.29 is 27.1 Å². The summed E-state index contributed by atoms with van der Waals surface area (Å²) in [4.78, 5) is 13.2. The number of methoxy groups -OCH3 is 2. The van der Waals surface area contributed by atoms with Crippen LogP contribution >= 0.6 is 23.2 Å². The maximum absolute atomic E-state index is 13.9. The van der Waals surface area contributed by atoms with E-state index in [1.807, 2.05) is 0 Å². The molecule has 0 radical (unpaired) electrons. The maximum atomic E-state index is 13.9. The van der Waals surface area contributed by atoms with Crippen molar-refractivity contribution in [2.75, 3.05) is 14.2 Å². The molecule has 0 fully saturated rings. The fourth-order valence-corrected chi connectivity index (χ4v) is 3.54. The van der Waals surface area contributed by atoms with E-state index in [1.54, 1.807) is 6.07 Å². The minimum atomic E-state index is -4.97. The van der Waals surface area contributed by atoms with E-state index in [2.05, 4.69) is 5.10 Å². The zero-order valence-corrected chi connectivity index (χ0v) is 18.0. The van der Waals surface area contributed by atoms with Crippen LogP contribution in [0.15, 0.2) is 51.9 Å². The summed E-state index contributed by atoms with van der Waals surface area (Å²) in [6, 6.07) is 7.32. The van der Waals surface area contributed by atoms with E-state index in [-0.39, 0.29) is 33.1 Å². The number of ether oxygens (including phenoxy) is 2. The van der Waals surface area contributed by atoms with Gasteiger partial charge in [-0.3, -0.25) is 4.79 Å². The predicted molar refractivity (Wildman–Crippen MR) is 113 cm³/mol. The van der Waals surface area contributed by atoms with Gasteiger partial charge in [-0.2, -0.15) is 18.3 Å². The molecule has 166 valence electrons. The second-order valence-electron chi connectivity index (χ2n) is 6.58. The van der Waals surface area contributed by atoms with Crippen molar-refractivity contribution in [1.29, 1.82) is 0 Å². The third-order valence-corrected chi connectivity index (χ3v) is 5.44. The van der Waals surface area contributed by atoms with Crippen LogP contribution in [0.3, 0.4) is 0 Å². The topological polar surface area (TPSA) is 66.5 Å². The first kappa shape index (κ1) is 22.0. The molecule has 6 nitrogen and oxygen atoms in total. The Morgan fingerprint density at radius 2 is 1.81 bits per heavy atom. The Bertz CT molecular complexity index is 1400. The van der Waals surface area contributed by atoms with Gasteiger partial charge in [0.1, 0.15) is 0 Å². The quantitative estimate of drug-likeness (QED) is 0.356. The van der Waals surface area contributed by atoms with Gasteiger partial charge in [-0.25, -0.2) is 4.68 Å². The van der Waals surface area contributed by atoms with Crippen LogP contribution in [0.25, 0.3) is 27.8 Å². The second kappa shape index (κ2) is 8.07. The van der Waals surface area contributed by atoms with Crippen molar-refractivity contribution in [1.82, 2.24) is 9.78 Å². The van der Waals surface area contributed by atoms with Crippen LogP contribution in [0.2, 0.25) is 10.0 Å². The van der Waals surface area contributed by atoms with Gasteiger partial charge in [-0.15, -0.1) is 0 Å². The lowest BCUT2D eigenvalue weighted by atomic mass is 10.0. The molecule has 0 amide bonds. The predicted octanol–water partition coefficient (Wildman–Crippen LogP) is 5.99. The third kappa shape index (κ3) is 3.67. The van der Waals surface area contributed by atoms with Crippen molar-refractivity contribution in [3.63, 3.8) is 0 Å². The first-order chi connectivity index (χ1) is 15.2. The largest absolute Gasteiger partial charge is 0.493 e. The highest BCUT2D eigenvalue weighted by atomic mass is 35.5. The molecule has 4 rings (SSSR count). The van der Waals surface area contributed by atoms with Gasteiger partial charge in [0, 0.05) is 11.8 Å². The van der Waals surface area contributed by atoms with Gasteiger partial charge < -0.3 is 13.9 Å².